The molecule has 20 heavy (non-hydrogen) atoms. The van der Waals surface area contributed by atoms with Gasteiger partial charge in [-0.2, -0.15) is 0 Å². The maximum atomic E-state index is 12.4. The molecule has 1 aromatic rings. The molecule has 2 heterocycles. The van der Waals surface area contributed by atoms with Crippen molar-refractivity contribution in [1.29, 1.82) is 0 Å². The second-order valence-corrected chi connectivity index (χ2v) is 4.90. The summed E-state index contributed by atoms with van der Waals surface area (Å²) < 4.78 is 5.48. The Morgan fingerprint density at radius 1 is 1.25 bits per heavy atom. The molecule has 0 aromatic heterocycles. The summed E-state index contributed by atoms with van der Waals surface area (Å²) in [5.41, 5.74) is 1.16. The van der Waals surface area contributed by atoms with E-state index in [1.54, 1.807) is 18.2 Å². The Hall–Kier alpha value is -2.08. The molecule has 0 unspecified atom stereocenters. The topological polar surface area (TPSA) is 70.7 Å². The molecule has 6 heteroatoms. The summed E-state index contributed by atoms with van der Waals surface area (Å²) in [6, 6.07) is 5.19. The lowest BCUT2D eigenvalue weighted by molar-refractivity contribution is -0.116. The molecule has 1 aromatic carbocycles. The summed E-state index contributed by atoms with van der Waals surface area (Å²) in [6.07, 6.45) is 0.329. The van der Waals surface area contributed by atoms with Crippen LogP contribution in [-0.4, -0.2) is 49.5 Å². The Labute approximate surface area is 117 Å². The van der Waals surface area contributed by atoms with Crippen molar-refractivity contribution in [3.05, 3.63) is 23.8 Å². The number of nitrogens with one attached hydrogen (secondary N) is 2. The molecular formula is C14H17N3O3. The van der Waals surface area contributed by atoms with E-state index >= 15 is 0 Å². The van der Waals surface area contributed by atoms with Crippen LogP contribution in [0.2, 0.25) is 0 Å². The monoisotopic (exact) mass is 275 g/mol. The third-order valence-electron chi connectivity index (χ3n) is 3.49. The lowest BCUT2D eigenvalue weighted by Gasteiger charge is -2.27. The predicted octanol–water partition coefficient (Wildman–Crippen LogP) is 0.453. The zero-order valence-corrected chi connectivity index (χ0v) is 11.1. The number of fused-ring (bicyclic) bond motifs is 1. The Kier molecular flexibility index (Phi) is 3.56. The van der Waals surface area contributed by atoms with E-state index in [1.807, 2.05) is 4.90 Å². The van der Waals surface area contributed by atoms with Gasteiger partial charge in [0.1, 0.15) is 5.75 Å². The number of hydrogen-bond donors (Lipinski definition) is 2. The van der Waals surface area contributed by atoms with Gasteiger partial charge in [0.05, 0.1) is 18.7 Å². The summed E-state index contributed by atoms with van der Waals surface area (Å²) in [5.74, 6) is 0.524. The number of anilines is 1. The normalized spacial score (nSPS) is 18.6. The van der Waals surface area contributed by atoms with Gasteiger partial charge in [0.25, 0.3) is 5.91 Å². The predicted molar refractivity (Wildman–Crippen MR) is 74.0 cm³/mol. The van der Waals surface area contributed by atoms with E-state index in [-0.39, 0.29) is 11.8 Å². The number of carbonyl (C=O) groups is 2. The number of nitrogens with zero attached hydrogens (tertiary/aromatic N) is 1. The van der Waals surface area contributed by atoms with Crippen molar-refractivity contribution in [2.75, 3.05) is 38.1 Å². The van der Waals surface area contributed by atoms with E-state index in [1.165, 1.54) is 0 Å². The minimum atomic E-state index is -0.0875. The highest BCUT2D eigenvalue weighted by Gasteiger charge is 2.20. The Bertz CT molecular complexity index is 538. The van der Waals surface area contributed by atoms with Gasteiger partial charge < -0.3 is 20.3 Å². The molecule has 3 rings (SSSR count). The second kappa shape index (κ2) is 5.50. The number of rotatable bonds is 1. The maximum absolute atomic E-state index is 12.4. The highest BCUT2D eigenvalue weighted by molar-refractivity contribution is 5.98. The standard InChI is InChI=1S/C14H17N3O3/c18-13-3-8-20-12-2-1-10(9-11(12)16-13)14(19)17-6-4-15-5-7-17/h1-2,9,15H,3-8H2,(H,16,18). The van der Waals surface area contributed by atoms with Gasteiger partial charge in [0, 0.05) is 31.7 Å². The smallest absolute Gasteiger partial charge is 0.254 e. The van der Waals surface area contributed by atoms with Crippen molar-refractivity contribution in [2.24, 2.45) is 0 Å². The molecule has 2 aliphatic rings. The van der Waals surface area contributed by atoms with E-state index in [0.717, 1.165) is 13.1 Å². The third kappa shape index (κ3) is 2.60. The van der Waals surface area contributed by atoms with Crippen LogP contribution < -0.4 is 15.4 Å². The second-order valence-electron chi connectivity index (χ2n) is 4.90. The van der Waals surface area contributed by atoms with Crippen LogP contribution in [0.4, 0.5) is 5.69 Å². The van der Waals surface area contributed by atoms with Gasteiger partial charge in [-0.05, 0) is 18.2 Å². The number of ether oxygens (including phenoxy) is 1. The first kappa shape index (κ1) is 12.9. The first-order valence-corrected chi connectivity index (χ1v) is 6.81. The number of carbonyl (C=O) groups excluding carboxylic acids is 2. The van der Waals surface area contributed by atoms with Crippen LogP contribution in [0.3, 0.4) is 0 Å². The zero-order chi connectivity index (χ0) is 13.9. The summed E-state index contributed by atoms with van der Waals surface area (Å²) in [5, 5.41) is 5.99. The third-order valence-corrected chi connectivity index (χ3v) is 3.49. The Morgan fingerprint density at radius 2 is 2.05 bits per heavy atom. The number of benzene rings is 1. The highest BCUT2D eigenvalue weighted by atomic mass is 16.5. The maximum Gasteiger partial charge on any atom is 0.254 e. The van der Waals surface area contributed by atoms with Gasteiger partial charge in [0.2, 0.25) is 5.91 Å². The quantitative estimate of drug-likeness (QED) is 0.781. The van der Waals surface area contributed by atoms with Gasteiger partial charge in [-0.15, -0.1) is 0 Å². The van der Waals surface area contributed by atoms with Crippen molar-refractivity contribution in [2.45, 2.75) is 6.42 Å². The first-order chi connectivity index (χ1) is 9.74. The van der Waals surface area contributed by atoms with Crippen molar-refractivity contribution in [1.82, 2.24) is 10.2 Å². The molecule has 0 bridgehead atoms. The first-order valence-electron chi connectivity index (χ1n) is 6.81. The number of hydrogen-bond acceptors (Lipinski definition) is 4. The molecule has 0 saturated carbocycles. The molecule has 2 aliphatic heterocycles. The van der Waals surface area contributed by atoms with E-state index in [0.29, 0.717) is 43.1 Å². The fourth-order valence-corrected chi connectivity index (χ4v) is 2.40. The van der Waals surface area contributed by atoms with Crippen LogP contribution in [0.1, 0.15) is 16.8 Å². The van der Waals surface area contributed by atoms with Crippen LogP contribution in [0, 0.1) is 0 Å². The minimum absolute atomic E-state index is 0.00667. The van der Waals surface area contributed by atoms with Crippen LogP contribution in [0.25, 0.3) is 0 Å². The van der Waals surface area contributed by atoms with Crippen molar-refractivity contribution >= 4 is 17.5 Å². The summed E-state index contributed by atoms with van der Waals surface area (Å²) in [4.78, 5) is 25.7. The van der Waals surface area contributed by atoms with Crippen LogP contribution >= 0.6 is 0 Å². The fourth-order valence-electron chi connectivity index (χ4n) is 2.40. The number of amides is 2. The molecule has 1 fully saturated rings. The summed E-state index contributed by atoms with van der Waals surface area (Å²) >= 11 is 0. The summed E-state index contributed by atoms with van der Waals surface area (Å²) in [7, 11) is 0. The highest BCUT2D eigenvalue weighted by Crippen LogP contribution is 2.28. The SMILES string of the molecule is O=C1CCOc2ccc(C(=O)N3CCNCC3)cc2N1. The van der Waals surface area contributed by atoms with Gasteiger partial charge in [0.15, 0.2) is 0 Å². The van der Waals surface area contributed by atoms with Gasteiger partial charge in [-0.1, -0.05) is 0 Å². The molecule has 0 aliphatic carbocycles. The van der Waals surface area contributed by atoms with Crippen molar-refractivity contribution in [3.8, 4) is 5.75 Å². The van der Waals surface area contributed by atoms with E-state index in [9.17, 15) is 9.59 Å². The summed E-state index contributed by atoms with van der Waals surface area (Å²) in [6.45, 7) is 3.41. The average Bonchev–Trinajstić information content (AvgIpc) is 2.67. The van der Waals surface area contributed by atoms with E-state index < -0.39 is 0 Å². The Morgan fingerprint density at radius 3 is 2.85 bits per heavy atom. The molecule has 0 radical (unpaired) electrons. The molecule has 106 valence electrons. The van der Waals surface area contributed by atoms with Crippen molar-refractivity contribution < 1.29 is 14.3 Å². The molecule has 2 N–H and O–H groups in total. The zero-order valence-electron chi connectivity index (χ0n) is 11.1. The minimum Gasteiger partial charge on any atom is -0.491 e. The van der Waals surface area contributed by atoms with Crippen molar-refractivity contribution in [3.63, 3.8) is 0 Å². The van der Waals surface area contributed by atoms with E-state index in [4.69, 9.17) is 4.74 Å². The lowest BCUT2D eigenvalue weighted by Crippen LogP contribution is -2.46. The largest absolute Gasteiger partial charge is 0.491 e. The lowest BCUT2D eigenvalue weighted by atomic mass is 10.1. The molecular weight excluding hydrogens is 258 g/mol. The molecule has 6 nitrogen and oxygen atoms in total. The van der Waals surface area contributed by atoms with Crippen LogP contribution in [0.15, 0.2) is 18.2 Å². The molecule has 0 atom stereocenters. The van der Waals surface area contributed by atoms with Gasteiger partial charge >= 0.3 is 0 Å². The Balaban J connectivity index is 1.83. The fraction of sp³-hybridized carbons (Fsp3) is 0.429. The van der Waals surface area contributed by atoms with E-state index in [2.05, 4.69) is 10.6 Å². The van der Waals surface area contributed by atoms with Gasteiger partial charge in [-0.25, -0.2) is 0 Å². The molecule has 1 saturated heterocycles. The van der Waals surface area contributed by atoms with Gasteiger partial charge in [-0.3, -0.25) is 9.59 Å². The number of piperazine rings is 1. The molecule has 0 spiro atoms. The van der Waals surface area contributed by atoms with Crippen LogP contribution in [-0.2, 0) is 4.79 Å². The molecule has 2 amide bonds. The average molecular weight is 275 g/mol. The van der Waals surface area contributed by atoms with Crippen LogP contribution in [0.5, 0.6) is 5.75 Å².